The van der Waals surface area contributed by atoms with Crippen molar-refractivity contribution >= 4 is 5.97 Å². The van der Waals surface area contributed by atoms with Crippen molar-refractivity contribution in [2.45, 2.75) is 13.0 Å². The fourth-order valence-electron chi connectivity index (χ4n) is 1.01. The number of hydrogen-bond acceptors (Lipinski definition) is 3. The number of carboxylic acids is 1. The average Bonchev–Trinajstić information content (AvgIpc) is 2.17. The molecule has 0 aliphatic heterocycles. The zero-order valence-corrected chi connectivity index (χ0v) is 7.78. The highest BCUT2D eigenvalue weighted by molar-refractivity contribution is 5.85. The van der Waals surface area contributed by atoms with Crippen LogP contribution in [0.25, 0.3) is 0 Å². The van der Waals surface area contributed by atoms with Gasteiger partial charge in [0, 0.05) is 6.54 Å². The maximum atomic E-state index is 11.8. The summed E-state index contributed by atoms with van der Waals surface area (Å²) in [5.74, 6) is -1.13. The Balaban J connectivity index is 2.54. The Hall–Kier alpha value is -1.56. The Morgan fingerprint density at radius 1 is 1.53 bits per heavy atom. The van der Waals surface area contributed by atoms with Gasteiger partial charge in [0.1, 0.15) is 5.69 Å². The van der Waals surface area contributed by atoms with E-state index in [0.29, 0.717) is 5.69 Å². The molecule has 1 aromatic rings. The molecule has 0 saturated heterocycles. The number of aromatic carboxylic acids is 1. The van der Waals surface area contributed by atoms with E-state index >= 15 is 0 Å². The van der Waals surface area contributed by atoms with Crippen LogP contribution in [0.5, 0.6) is 0 Å². The molecule has 1 aromatic heterocycles. The van der Waals surface area contributed by atoms with Gasteiger partial charge in [-0.25, -0.2) is 18.6 Å². The third kappa shape index (κ3) is 3.99. The fraction of sp³-hybridized carbons (Fsp3) is 0.333. The molecule has 6 heteroatoms. The van der Waals surface area contributed by atoms with Crippen LogP contribution in [0, 0.1) is 0 Å². The Morgan fingerprint density at radius 2 is 2.27 bits per heavy atom. The highest BCUT2D eigenvalue weighted by atomic mass is 19.3. The second-order valence-corrected chi connectivity index (χ2v) is 2.84. The highest BCUT2D eigenvalue weighted by Gasteiger charge is 2.05. The number of nitrogens with zero attached hydrogens (tertiary/aromatic N) is 1. The molecule has 0 amide bonds. The number of carboxylic acid groups (broad SMARTS) is 1. The van der Waals surface area contributed by atoms with Crippen molar-refractivity contribution < 1.29 is 18.7 Å². The quantitative estimate of drug-likeness (QED) is 0.774. The first-order valence-electron chi connectivity index (χ1n) is 4.27. The zero-order chi connectivity index (χ0) is 11.3. The molecule has 4 nitrogen and oxygen atoms in total. The third-order valence-electron chi connectivity index (χ3n) is 1.63. The number of nitrogens with one attached hydrogen (secondary N) is 1. The second kappa shape index (κ2) is 5.35. The molecule has 2 N–H and O–H groups in total. The van der Waals surface area contributed by atoms with E-state index in [2.05, 4.69) is 10.3 Å². The Morgan fingerprint density at radius 3 is 2.87 bits per heavy atom. The zero-order valence-electron chi connectivity index (χ0n) is 7.78. The van der Waals surface area contributed by atoms with E-state index in [1.54, 1.807) is 6.07 Å². The topological polar surface area (TPSA) is 62.2 Å². The number of pyridine rings is 1. The van der Waals surface area contributed by atoms with Crippen LogP contribution in [-0.4, -0.2) is 29.0 Å². The van der Waals surface area contributed by atoms with Gasteiger partial charge >= 0.3 is 5.97 Å². The molecular formula is C9H10F2N2O2. The summed E-state index contributed by atoms with van der Waals surface area (Å²) in [7, 11) is 0. The molecule has 0 aliphatic rings. The van der Waals surface area contributed by atoms with Crippen LogP contribution in [0.2, 0.25) is 0 Å². The van der Waals surface area contributed by atoms with E-state index in [1.807, 2.05) is 0 Å². The largest absolute Gasteiger partial charge is 0.477 e. The summed E-state index contributed by atoms with van der Waals surface area (Å²) in [6.45, 7) is -0.301. The first kappa shape index (κ1) is 11.5. The SMILES string of the molecule is O=C(O)c1cccc(CNCC(F)F)n1. The van der Waals surface area contributed by atoms with Gasteiger partial charge in [0.25, 0.3) is 6.43 Å². The number of carbonyl (C=O) groups is 1. The van der Waals surface area contributed by atoms with Gasteiger partial charge in [-0.05, 0) is 12.1 Å². The Bertz CT molecular complexity index is 345. The minimum absolute atomic E-state index is 0.0913. The summed E-state index contributed by atoms with van der Waals surface area (Å²) in [5, 5.41) is 11.1. The lowest BCUT2D eigenvalue weighted by Gasteiger charge is -2.03. The maximum Gasteiger partial charge on any atom is 0.354 e. The van der Waals surface area contributed by atoms with Crippen molar-refractivity contribution in [2.24, 2.45) is 0 Å². The lowest BCUT2D eigenvalue weighted by atomic mass is 10.3. The highest BCUT2D eigenvalue weighted by Crippen LogP contribution is 1.99. The van der Waals surface area contributed by atoms with Crippen LogP contribution < -0.4 is 5.32 Å². The molecule has 0 spiro atoms. The first-order valence-corrected chi connectivity index (χ1v) is 4.27. The van der Waals surface area contributed by atoms with E-state index in [9.17, 15) is 13.6 Å². The second-order valence-electron chi connectivity index (χ2n) is 2.84. The van der Waals surface area contributed by atoms with Gasteiger partial charge in [-0.1, -0.05) is 6.07 Å². The van der Waals surface area contributed by atoms with Crippen molar-refractivity contribution in [3.05, 3.63) is 29.6 Å². The third-order valence-corrected chi connectivity index (χ3v) is 1.63. The molecule has 15 heavy (non-hydrogen) atoms. The molecule has 0 aliphatic carbocycles. The summed E-state index contributed by atoms with van der Waals surface area (Å²) in [4.78, 5) is 14.3. The minimum Gasteiger partial charge on any atom is -0.477 e. The van der Waals surface area contributed by atoms with Gasteiger partial charge in [-0.15, -0.1) is 0 Å². The van der Waals surface area contributed by atoms with E-state index in [-0.39, 0.29) is 12.2 Å². The summed E-state index contributed by atoms with van der Waals surface area (Å²) >= 11 is 0. The van der Waals surface area contributed by atoms with Gasteiger partial charge < -0.3 is 10.4 Å². The van der Waals surface area contributed by atoms with Gasteiger partial charge in [-0.2, -0.15) is 0 Å². The lowest BCUT2D eigenvalue weighted by molar-refractivity contribution is 0.0690. The predicted molar refractivity (Wildman–Crippen MR) is 48.9 cm³/mol. The standard InChI is InChI=1S/C9H10F2N2O2/c10-8(11)5-12-4-6-2-1-3-7(13-6)9(14)15/h1-3,8,12H,4-5H2,(H,14,15). The lowest BCUT2D eigenvalue weighted by Crippen LogP contribution is -2.21. The van der Waals surface area contributed by atoms with Crippen molar-refractivity contribution in [1.82, 2.24) is 10.3 Å². The van der Waals surface area contributed by atoms with E-state index in [0.717, 1.165) is 0 Å². The molecule has 1 rings (SSSR count). The Labute approximate surface area is 84.9 Å². The number of rotatable bonds is 5. The molecule has 0 atom stereocenters. The molecule has 0 radical (unpaired) electrons. The minimum atomic E-state index is -2.42. The predicted octanol–water partition coefficient (Wildman–Crippen LogP) is 1.13. The van der Waals surface area contributed by atoms with E-state index in [4.69, 9.17) is 5.11 Å². The molecule has 0 fully saturated rings. The summed E-state index contributed by atoms with van der Waals surface area (Å²) in [6.07, 6.45) is -2.42. The normalized spacial score (nSPS) is 10.6. The maximum absolute atomic E-state index is 11.8. The van der Waals surface area contributed by atoms with Crippen LogP contribution in [0.4, 0.5) is 8.78 Å². The molecule has 0 bridgehead atoms. The van der Waals surface area contributed by atoms with Crippen LogP contribution in [0.1, 0.15) is 16.2 Å². The smallest absolute Gasteiger partial charge is 0.354 e. The van der Waals surface area contributed by atoms with Gasteiger partial charge in [0.15, 0.2) is 0 Å². The summed E-state index contributed by atoms with van der Waals surface area (Å²) < 4.78 is 23.5. The average molecular weight is 216 g/mol. The van der Waals surface area contributed by atoms with Crippen LogP contribution in [-0.2, 0) is 6.54 Å². The van der Waals surface area contributed by atoms with Gasteiger partial charge in [0.05, 0.1) is 12.2 Å². The number of aromatic nitrogens is 1. The molecule has 0 aromatic carbocycles. The summed E-state index contributed by atoms with van der Waals surface area (Å²) in [5.41, 5.74) is 0.335. The Kier molecular flexibility index (Phi) is 4.11. The molecule has 1 heterocycles. The number of alkyl halides is 2. The molecular weight excluding hydrogens is 206 g/mol. The van der Waals surface area contributed by atoms with Crippen LogP contribution in [0.3, 0.4) is 0 Å². The molecule has 0 unspecified atom stereocenters. The van der Waals surface area contributed by atoms with E-state index < -0.39 is 18.9 Å². The number of halogens is 2. The van der Waals surface area contributed by atoms with Gasteiger partial charge in [0.2, 0.25) is 0 Å². The van der Waals surface area contributed by atoms with Crippen LogP contribution in [0.15, 0.2) is 18.2 Å². The van der Waals surface area contributed by atoms with Gasteiger partial charge in [-0.3, -0.25) is 0 Å². The van der Waals surface area contributed by atoms with Crippen molar-refractivity contribution in [3.8, 4) is 0 Å². The molecule has 0 saturated carbocycles. The monoisotopic (exact) mass is 216 g/mol. The fourth-order valence-corrected chi connectivity index (χ4v) is 1.01. The van der Waals surface area contributed by atoms with Crippen LogP contribution >= 0.6 is 0 Å². The van der Waals surface area contributed by atoms with Crippen molar-refractivity contribution in [3.63, 3.8) is 0 Å². The van der Waals surface area contributed by atoms with Crippen molar-refractivity contribution in [1.29, 1.82) is 0 Å². The number of hydrogen-bond donors (Lipinski definition) is 2. The van der Waals surface area contributed by atoms with Crippen molar-refractivity contribution in [2.75, 3.05) is 6.54 Å². The molecule has 82 valence electrons. The van der Waals surface area contributed by atoms with E-state index in [1.165, 1.54) is 12.1 Å². The first-order chi connectivity index (χ1) is 7.09. The summed E-state index contributed by atoms with van der Waals surface area (Å²) in [6, 6.07) is 4.44.